The molecule has 11 heteroatoms. The van der Waals surface area contributed by atoms with Gasteiger partial charge in [0.1, 0.15) is 4.33 Å². The predicted octanol–water partition coefficient (Wildman–Crippen LogP) is 7.25. The molecule has 0 aliphatic heterocycles. The Morgan fingerprint density at radius 2 is 1.68 bits per heavy atom. The fraction of sp³-hybridized carbons (Fsp3) is 0.348. The number of halogens is 6. The highest BCUT2D eigenvalue weighted by molar-refractivity contribution is 6.54. The summed E-state index contributed by atoms with van der Waals surface area (Å²) in [5.74, 6) is -2.19. The molecule has 0 heterocycles. The zero-order valence-electron chi connectivity index (χ0n) is 17.3. The second-order valence-electron chi connectivity index (χ2n) is 8.42. The summed E-state index contributed by atoms with van der Waals surface area (Å²) in [5.41, 5.74) is 1.17. The molecule has 178 valence electrons. The molecule has 0 bridgehead atoms. The molecule has 4 rings (SSSR count). The Morgan fingerprint density at radius 1 is 1.00 bits per heavy atom. The number of carbonyl (C=O) groups excluding carboxylic acids is 2. The number of hydrogen-bond acceptors (Lipinski definition) is 3. The molecule has 0 aromatic heterocycles. The first kappa shape index (κ1) is 25.7. The third-order valence-corrected chi connectivity index (χ3v) is 8.60. The fourth-order valence-corrected chi connectivity index (χ4v) is 5.96. The van der Waals surface area contributed by atoms with Gasteiger partial charge in [0.05, 0.1) is 37.6 Å². The highest BCUT2D eigenvalue weighted by Crippen LogP contribution is 2.65. The van der Waals surface area contributed by atoms with E-state index >= 15 is 0 Å². The lowest BCUT2D eigenvalue weighted by Crippen LogP contribution is -2.33. The van der Waals surface area contributed by atoms with E-state index in [1.54, 1.807) is 18.2 Å². The van der Waals surface area contributed by atoms with Crippen LogP contribution >= 0.6 is 69.6 Å². The molecule has 0 radical (unpaired) electrons. The third-order valence-electron chi connectivity index (χ3n) is 6.13. The van der Waals surface area contributed by atoms with E-state index in [9.17, 15) is 9.59 Å². The Balaban J connectivity index is 1.47. The molecule has 2 unspecified atom stereocenters. The molecule has 2 aliphatic carbocycles. The molecule has 2 amide bonds. The highest BCUT2D eigenvalue weighted by atomic mass is 35.5. The van der Waals surface area contributed by atoms with Crippen molar-refractivity contribution in [3.8, 4) is 6.07 Å². The topological polar surface area (TPSA) is 82.0 Å². The van der Waals surface area contributed by atoms with Gasteiger partial charge in [-0.25, -0.2) is 0 Å². The van der Waals surface area contributed by atoms with Crippen LogP contribution in [0.3, 0.4) is 0 Å². The minimum atomic E-state index is -1.36. The van der Waals surface area contributed by atoms with Gasteiger partial charge < -0.3 is 10.6 Å². The molecule has 2 aromatic rings. The largest absolute Gasteiger partial charge is 0.349 e. The summed E-state index contributed by atoms with van der Waals surface area (Å²) in [4.78, 5) is 25.8. The first-order valence-corrected chi connectivity index (χ1v) is 12.6. The van der Waals surface area contributed by atoms with Gasteiger partial charge in [0.2, 0.25) is 5.91 Å². The van der Waals surface area contributed by atoms with Gasteiger partial charge in [0, 0.05) is 23.6 Å². The number of anilines is 1. The summed E-state index contributed by atoms with van der Waals surface area (Å²) in [5, 5.41) is 15.6. The summed E-state index contributed by atoms with van der Waals surface area (Å²) >= 11 is 37.3. The molecule has 0 saturated heterocycles. The molecular formula is C23H17Cl6N3O2. The molecule has 2 N–H and O–H groups in total. The van der Waals surface area contributed by atoms with Gasteiger partial charge in [0.25, 0.3) is 5.91 Å². The minimum absolute atomic E-state index is 0.0605. The number of nitriles is 1. The van der Waals surface area contributed by atoms with E-state index in [-0.39, 0.29) is 43.5 Å². The van der Waals surface area contributed by atoms with Gasteiger partial charge in [-0.15, -0.1) is 23.2 Å². The van der Waals surface area contributed by atoms with Gasteiger partial charge >= 0.3 is 0 Å². The molecule has 2 saturated carbocycles. The molecule has 2 aromatic carbocycles. The highest BCUT2D eigenvalue weighted by Gasteiger charge is 2.67. The monoisotopic (exact) mass is 577 g/mol. The van der Waals surface area contributed by atoms with E-state index in [0.29, 0.717) is 17.7 Å². The van der Waals surface area contributed by atoms with Crippen LogP contribution < -0.4 is 10.6 Å². The van der Waals surface area contributed by atoms with Gasteiger partial charge in [-0.3, -0.25) is 9.59 Å². The number of alkyl halides is 2. The maximum Gasteiger partial charge on any atom is 0.253 e. The van der Waals surface area contributed by atoms with Crippen molar-refractivity contribution in [1.29, 1.82) is 5.26 Å². The lowest BCUT2D eigenvalue weighted by atomic mass is 10.1. The van der Waals surface area contributed by atoms with Crippen molar-refractivity contribution in [3.63, 3.8) is 0 Å². The maximum absolute atomic E-state index is 13.0. The average Bonchev–Trinajstić information content (AvgIpc) is 3.11. The molecule has 4 atom stereocenters. The van der Waals surface area contributed by atoms with Crippen LogP contribution in [-0.2, 0) is 4.79 Å². The number of amides is 2. The van der Waals surface area contributed by atoms with E-state index < -0.39 is 22.1 Å². The van der Waals surface area contributed by atoms with Crippen LogP contribution in [0.15, 0.2) is 30.3 Å². The van der Waals surface area contributed by atoms with Crippen molar-refractivity contribution in [3.05, 3.63) is 61.5 Å². The quantitative estimate of drug-likeness (QED) is 0.289. The van der Waals surface area contributed by atoms with Crippen LogP contribution in [0.4, 0.5) is 5.69 Å². The van der Waals surface area contributed by atoms with Crippen molar-refractivity contribution in [1.82, 2.24) is 5.32 Å². The molecule has 5 nitrogen and oxygen atoms in total. The van der Waals surface area contributed by atoms with Crippen LogP contribution in [-0.4, -0.2) is 22.2 Å². The maximum atomic E-state index is 13.0. The second kappa shape index (κ2) is 9.93. The van der Waals surface area contributed by atoms with Crippen molar-refractivity contribution in [2.75, 3.05) is 5.32 Å². The van der Waals surface area contributed by atoms with Crippen molar-refractivity contribution in [2.45, 2.75) is 35.6 Å². The molecule has 0 spiro atoms. The Hall–Kier alpha value is -1.39. The zero-order valence-corrected chi connectivity index (χ0v) is 21.9. The standard InChI is InChI=1S/C23H17Cl6N3O2/c24-15-4-3-13(8-14(15)21(33)31-12-2-1-10(5-12)9-30)32-22(34)19-18(23(19,28)29)11-6-16(25)20(27)17(26)7-11/h3-4,6-8,10,12,18-19H,1-2,5H2,(H,31,33)(H,32,34)/t10?,12?,18-,19+/m1/s1. The number of rotatable bonds is 5. The number of nitrogens with one attached hydrogen (secondary N) is 2. The summed E-state index contributed by atoms with van der Waals surface area (Å²) in [6, 6.07) is 9.89. The van der Waals surface area contributed by atoms with Crippen LogP contribution in [0, 0.1) is 23.2 Å². The number of nitrogens with zero attached hydrogens (tertiary/aromatic N) is 1. The van der Waals surface area contributed by atoms with Crippen molar-refractivity contribution >= 4 is 87.1 Å². The molecule has 2 fully saturated rings. The summed E-state index contributed by atoms with van der Waals surface area (Å²) in [7, 11) is 0. The van der Waals surface area contributed by atoms with Gasteiger partial charge in [-0.2, -0.15) is 5.26 Å². The van der Waals surface area contributed by atoms with Gasteiger partial charge in [-0.05, 0) is 55.2 Å². The average molecular weight is 580 g/mol. The predicted molar refractivity (Wildman–Crippen MR) is 136 cm³/mol. The third kappa shape index (κ3) is 5.09. The molecule has 2 aliphatic rings. The Morgan fingerprint density at radius 3 is 2.29 bits per heavy atom. The van der Waals surface area contributed by atoms with Gasteiger partial charge in [-0.1, -0.05) is 46.4 Å². The molecular weight excluding hydrogens is 563 g/mol. The van der Waals surface area contributed by atoms with E-state index in [2.05, 4.69) is 16.7 Å². The second-order valence-corrected chi connectivity index (χ2v) is 11.5. The van der Waals surface area contributed by atoms with Crippen LogP contribution in [0.25, 0.3) is 0 Å². The lowest BCUT2D eigenvalue weighted by Gasteiger charge is -2.14. The van der Waals surface area contributed by atoms with E-state index in [1.807, 2.05) is 0 Å². The lowest BCUT2D eigenvalue weighted by molar-refractivity contribution is -0.117. The minimum Gasteiger partial charge on any atom is -0.349 e. The van der Waals surface area contributed by atoms with E-state index in [0.717, 1.165) is 12.8 Å². The van der Waals surface area contributed by atoms with Crippen LogP contribution in [0.1, 0.15) is 41.1 Å². The Kier molecular flexibility index (Phi) is 7.51. The van der Waals surface area contributed by atoms with Crippen molar-refractivity contribution < 1.29 is 9.59 Å². The normalized spacial score (nSPS) is 24.9. The van der Waals surface area contributed by atoms with Crippen molar-refractivity contribution in [2.24, 2.45) is 11.8 Å². The van der Waals surface area contributed by atoms with Crippen LogP contribution in [0.2, 0.25) is 20.1 Å². The Bertz CT molecular complexity index is 1190. The van der Waals surface area contributed by atoms with E-state index in [4.69, 9.17) is 74.9 Å². The fourth-order valence-electron chi connectivity index (χ4n) is 4.31. The first-order valence-electron chi connectivity index (χ1n) is 10.4. The molecule has 34 heavy (non-hydrogen) atoms. The summed E-state index contributed by atoms with van der Waals surface area (Å²) in [6.45, 7) is 0. The number of benzene rings is 2. The zero-order chi connectivity index (χ0) is 24.8. The van der Waals surface area contributed by atoms with Crippen LogP contribution in [0.5, 0.6) is 0 Å². The first-order chi connectivity index (χ1) is 16.0. The SMILES string of the molecule is N#CC1CCC(NC(=O)c2cc(NC(=O)[C@@H]3[C@@H](c4cc(Cl)c(Cl)c(Cl)c4)C3(Cl)Cl)ccc2Cl)C1. The summed E-state index contributed by atoms with van der Waals surface area (Å²) in [6.07, 6.45) is 2.08. The smallest absolute Gasteiger partial charge is 0.253 e. The number of carbonyl (C=O) groups is 2. The number of hydrogen-bond donors (Lipinski definition) is 2. The summed E-state index contributed by atoms with van der Waals surface area (Å²) < 4.78 is -1.36. The Labute approximate surface area is 226 Å². The van der Waals surface area contributed by atoms with E-state index in [1.165, 1.54) is 12.1 Å². The van der Waals surface area contributed by atoms with Gasteiger partial charge in [0.15, 0.2) is 0 Å².